The number of alkyl halides is 3. The minimum atomic E-state index is -4.54. The standard InChI is InChI=1S/C19H22F3N3O/c1-3-9-25(10-4-2)15-11-14(12-23-13-15)18(26)24-17-8-6-5-7-16(17)19(20,21)22/h5-8,11-13H,3-4,9-10H2,1-2H3,(H,24,26). The maximum Gasteiger partial charge on any atom is 0.418 e. The van der Waals surface area contributed by atoms with Gasteiger partial charge >= 0.3 is 6.18 Å². The molecule has 26 heavy (non-hydrogen) atoms. The number of benzene rings is 1. The fourth-order valence-corrected chi connectivity index (χ4v) is 2.67. The average molecular weight is 365 g/mol. The first-order valence-corrected chi connectivity index (χ1v) is 8.54. The van der Waals surface area contributed by atoms with Gasteiger partial charge in [-0.3, -0.25) is 9.78 Å². The van der Waals surface area contributed by atoms with Crippen molar-refractivity contribution in [3.63, 3.8) is 0 Å². The van der Waals surface area contributed by atoms with Gasteiger partial charge in [-0.05, 0) is 31.0 Å². The fourth-order valence-electron chi connectivity index (χ4n) is 2.67. The van der Waals surface area contributed by atoms with Crippen LogP contribution in [-0.4, -0.2) is 24.0 Å². The van der Waals surface area contributed by atoms with Crippen molar-refractivity contribution in [1.29, 1.82) is 0 Å². The highest BCUT2D eigenvalue weighted by atomic mass is 19.4. The number of pyridine rings is 1. The monoisotopic (exact) mass is 365 g/mol. The number of anilines is 2. The van der Waals surface area contributed by atoms with Crippen LogP contribution >= 0.6 is 0 Å². The third-order valence-corrected chi connectivity index (χ3v) is 3.82. The number of nitrogens with zero attached hydrogens (tertiary/aromatic N) is 2. The molecule has 1 amide bonds. The van der Waals surface area contributed by atoms with Crippen LogP contribution in [0.4, 0.5) is 24.5 Å². The van der Waals surface area contributed by atoms with Crippen molar-refractivity contribution in [2.75, 3.05) is 23.3 Å². The summed E-state index contributed by atoms with van der Waals surface area (Å²) in [4.78, 5) is 18.6. The van der Waals surface area contributed by atoms with E-state index in [-0.39, 0.29) is 11.3 Å². The van der Waals surface area contributed by atoms with Gasteiger partial charge < -0.3 is 10.2 Å². The molecule has 0 aliphatic carbocycles. The van der Waals surface area contributed by atoms with Crippen LogP contribution in [-0.2, 0) is 6.18 Å². The van der Waals surface area contributed by atoms with Crippen molar-refractivity contribution in [2.24, 2.45) is 0 Å². The smallest absolute Gasteiger partial charge is 0.370 e. The second kappa shape index (κ2) is 8.69. The predicted molar refractivity (Wildman–Crippen MR) is 96.4 cm³/mol. The van der Waals surface area contributed by atoms with Gasteiger partial charge in [-0.2, -0.15) is 13.2 Å². The molecule has 0 saturated heterocycles. The van der Waals surface area contributed by atoms with Crippen molar-refractivity contribution >= 4 is 17.3 Å². The highest BCUT2D eigenvalue weighted by molar-refractivity contribution is 6.05. The van der Waals surface area contributed by atoms with Gasteiger partial charge in [0.25, 0.3) is 5.91 Å². The molecular formula is C19H22F3N3O. The Balaban J connectivity index is 2.25. The summed E-state index contributed by atoms with van der Waals surface area (Å²) in [5.74, 6) is -0.621. The largest absolute Gasteiger partial charge is 0.418 e. The fraction of sp³-hybridized carbons (Fsp3) is 0.368. The molecule has 2 aromatic rings. The number of aromatic nitrogens is 1. The Labute approximate surface area is 151 Å². The first-order valence-electron chi connectivity index (χ1n) is 8.54. The summed E-state index contributed by atoms with van der Waals surface area (Å²) >= 11 is 0. The quantitative estimate of drug-likeness (QED) is 0.753. The zero-order valence-electron chi connectivity index (χ0n) is 14.8. The summed E-state index contributed by atoms with van der Waals surface area (Å²) in [7, 11) is 0. The van der Waals surface area contributed by atoms with E-state index >= 15 is 0 Å². The van der Waals surface area contributed by atoms with Crippen LogP contribution < -0.4 is 10.2 Å². The van der Waals surface area contributed by atoms with Gasteiger partial charge in [-0.25, -0.2) is 0 Å². The number of rotatable bonds is 7. The molecule has 1 N–H and O–H groups in total. The first kappa shape index (κ1) is 19.8. The highest BCUT2D eigenvalue weighted by Gasteiger charge is 2.33. The Morgan fingerprint density at radius 3 is 2.38 bits per heavy atom. The van der Waals surface area contributed by atoms with Crippen LogP contribution in [0, 0.1) is 0 Å². The molecule has 0 aliphatic heterocycles. The SMILES string of the molecule is CCCN(CCC)c1cncc(C(=O)Nc2ccccc2C(F)(F)F)c1. The predicted octanol–water partition coefficient (Wildman–Crippen LogP) is 4.98. The third-order valence-electron chi connectivity index (χ3n) is 3.82. The first-order chi connectivity index (χ1) is 12.4. The lowest BCUT2D eigenvalue weighted by molar-refractivity contribution is -0.136. The topological polar surface area (TPSA) is 45.2 Å². The number of nitrogens with one attached hydrogen (secondary N) is 1. The molecule has 1 aromatic heterocycles. The van der Waals surface area contributed by atoms with Gasteiger partial charge in [0.05, 0.1) is 28.7 Å². The van der Waals surface area contributed by atoms with E-state index in [1.807, 2.05) is 0 Å². The zero-order valence-corrected chi connectivity index (χ0v) is 14.8. The summed E-state index contributed by atoms with van der Waals surface area (Å²) in [6, 6.07) is 6.56. The summed E-state index contributed by atoms with van der Waals surface area (Å²) in [6.45, 7) is 5.75. The number of carbonyl (C=O) groups excluding carboxylic acids is 1. The molecule has 0 aliphatic rings. The molecule has 2 rings (SSSR count). The molecule has 0 bridgehead atoms. The van der Waals surface area contributed by atoms with Gasteiger partial charge in [0.1, 0.15) is 0 Å². The second-order valence-electron chi connectivity index (χ2n) is 5.92. The molecular weight excluding hydrogens is 343 g/mol. The molecule has 1 heterocycles. The Morgan fingerprint density at radius 2 is 1.77 bits per heavy atom. The van der Waals surface area contributed by atoms with Crippen molar-refractivity contribution in [3.05, 3.63) is 53.9 Å². The number of carbonyl (C=O) groups is 1. The summed E-state index contributed by atoms with van der Waals surface area (Å²) in [6.07, 6.45) is 0.352. The van der Waals surface area contributed by atoms with Gasteiger partial charge in [-0.15, -0.1) is 0 Å². The lowest BCUT2D eigenvalue weighted by Gasteiger charge is -2.23. The van der Waals surface area contributed by atoms with E-state index in [1.165, 1.54) is 24.4 Å². The van der Waals surface area contributed by atoms with Gasteiger partial charge in [0.2, 0.25) is 0 Å². The number of hydrogen-bond acceptors (Lipinski definition) is 3. The number of para-hydroxylation sites is 1. The maximum absolute atomic E-state index is 13.1. The Morgan fingerprint density at radius 1 is 1.12 bits per heavy atom. The number of amides is 1. The van der Waals surface area contributed by atoms with Crippen molar-refractivity contribution in [2.45, 2.75) is 32.9 Å². The molecule has 0 fully saturated rings. The van der Waals surface area contributed by atoms with Gasteiger partial charge in [-0.1, -0.05) is 26.0 Å². The lowest BCUT2D eigenvalue weighted by Crippen LogP contribution is -2.25. The molecule has 7 heteroatoms. The van der Waals surface area contributed by atoms with Gasteiger partial charge in [0.15, 0.2) is 0 Å². The van der Waals surface area contributed by atoms with E-state index in [9.17, 15) is 18.0 Å². The van der Waals surface area contributed by atoms with E-state index in [1.54, 1.807) is 12.3 Å². The minimum Gasteiger partial charge on any atom is -0.370 e. The average Bonchev–Trinajstić information content (AvgIpc) is 2.61. The molecule has 0 atom stereocenters. The molecule has 140 valence electrons. The molecule has 1 aromatic carbocycles. The van der Waals surface area contributed by atoms with Crippen molar-refractivity contribution < 1.29 is 18.0 Å². The summed E-state index contributed by atoms with van der Waals surface area (Å²) in [5.41, 5.74) is -0.146. The van der Waals surface area contributed by atoms with E-state index in [2.05, 4.69) is 29.0 Å². The molecule has 0 saturated carbocycles. The summed E-state index contributed by atoms with van der Waals surface area (Å²) < 4.78 is 39.2. The van der Waals surface area contributed by atoms with Crippen LogP contribution in [0.5, 0.6) is 0 Å². The van der Waals surface area contributed by atoms with Crippen LogP contribution in [0.3, 0.4) is 0 Å². The Bertz CT molecular complexity index is 741. The summed E-state index contributed by atoms with van der Waals surface area (Å²) in [5, 5.41) is 2.35. The number of hydrogen-bond donors (Lipinski definition) is 1. The Kier molecular flexibility index (Phi) is 6.60. The van der Waals surface area contributed by atoms with E-state index in [4.69, 9.17) is 0 Å². The van der Waals surface area contributed by atoms with Crippen molar-refractivity contribution in [1.82, 2.24) is 4.98 Å². The molecule has 4 nitrogen and oxygen atoms in total. The maximum atomic E-state index is 13.1. The molecule has 0 radical (unpaired) electrons. The van der Waals surface area contributed by atoms with E-state index in [0.29, 0.717) is 0 Å². The molecule has 0 unspecified atom stereocenters. The van der Waals surface area contributed by atoms with Crippen LogP contribution in [0.25, 0.3) is 0 Å². The van der Waals surface area contributed by atoms with E-state index in [0.717, 1.165) is 37.7 Å². The van der Waals surface area contributed by atoms with Crippen LogP contribution in [0.1, 0.15) is 42.6 Å². The van der Waals surface area contributed by atoms with Crippen LogP contribution in [0.2, 0.25) is 0 Å². The lowest BCUT2D eigenvalue weighted by atomic mass is 10.1. The molecule has 0 spiro atoms. The van der Waals surface area contributed by atoms with E-state index < -0.39 is 17.6 Å². The third kappa shape index (κ3) is 4.97. The highest BCUT2D eigenvalue weighted by Crippen LogP contribution is 2.34. The second-order valence-corrected chi connectivity index (χ2v) is 5.92. The van der Waals surface area contributed by atoms with Gasteiger partial charge in [0, 0.05) is 19.3 Å². The minimum absolute atomic E-state index is 0.219. The van der Waals surface area contributed by atoms with Crippen molar-refractivity contribution in [3.8, 4) is 0 Å². The normalized spacial score (nSPS) is 11.3. The van der Waals surface area contributed by atoms with Crippen LogP contribution in [0.15, 0.2) is 42.7 Å². The number of halogens is 3. The Hall–Kier alpha value is -2.57. The zero-order chi connectivity index (χ0) is 19.2.